The highest BCUT2D eigenvalue weighted by molar-refractivity contribution is 5.67. The molecule has 0 aliphatic rings. The first-order chi connectivity index (χ1) is 11.5. The molecule has 0 spiro atoms. The Hall–Kier alpha value is -3.28. The molecule has 0 aliphatic heterocycles. The van der Waals surface area contributed by atoms with Crippen molar-refractivity contribution in [3.63, 3.8) is 0 Å². The lowest BCUT2D eigenvalue weighted by Gasteiger charge is -2.11. The zero-order valence-electron chi connectivity index (χ0n) is 13.4. The summed E-state index contributed by atoms with van der Waals surface area (Å²) in [5, 5.41) is 12.3. The molecule has 3 aromatic rings. The molecule has 1 heterocycles. The highest BCUT2D eigenvalue weighted by atomic mass is 16.5. The van der Waals surface area contributed by atoms with Gasteiger partial charge in [-0.15, -0.1) is 0 Å². The van der Waals surface area contributed by atoms with Crippen LogP contribution in [0.15, 0.2) is 64.2 Å². The monoisotopic (exact) mass is 323 g/mol. The van der Waals surface area contributed by atoms with Crippen LogP contribution in [0, 0.1) is 6.92 Å². The van der Waals surface area contributed by atoms with Crippen LogP contribution in [0.2, 0.25) is 0 Å². The molecule has 0 atom stereocenters. The Morgan fingerprint density at radius 2 is 1.46 bits per heavy atom. The molecular weight excluding hydrogens is 306 g/mol. The Morgan fingerprint density at radius 1 is 0.917 bits per heavy atom. The number of benzene rings is 2. The fraction of sp³-hybridized carbons (Fsp3) is 0.111. The second-order valence-electron chi connectivity index (χ2n) is 5.59. The zero-order chi connectivity index (χ0) is 17.3. The Morgan fingerprint density at radius 3 is 2.04 bits per heavy atom. The van der Waals surface area contributed by atoms with Crippen LogP contribution in [0.25, 0.3) is 11.1 Å². The van der Waals surface area contributed by atoms with Crippen LogP contribution >= 0.6 is 0 Å². The number of aryl methyl sites for hydroxylation is 1. The minimum Gasteiger partial charge on any atom is -0.421 e. The van der Waals surface area contributed by atoms with E-state index in [1.165, 1.54) is 12.6 Å². The number of nitrogens with zero attached hydrogens (tertiary/aromatic N) is 2. The van der Waals surface area contributed by atoms with Crippen LogP contribution in [0.3, 0.4) is 0 Å². The fourth-order valence-corrected chi connectivity index (χ4v) is 2.37. The van der Waals surface area contributed by atoms with Crippen molar-refractivity contribution in [2.45, 2.75) is 6.92 Å². The summed E-state index contributed by atoms with van der Waals surface area (Å²) in [5.74, 6) is 0.304. The number of hydrogen-bond donors (Lipinski definition) is 2. The smallest absolute Gasteiger partial charge is 0.365 e. The minimum absolute atomic E-state index is 0.0751. The molecule has 0 bridgehead atoms. The first kappa shape index (κ1) is 15.6. The van der Waals surface area contributed by atoms with E-state index in [4.69, 9.17) is 0 Å². The molecule has 3 rings (SSSR count). The Labute approximate surface area is 138 Å². The van der Waals surface area contributed by atoms with Gasteiger partial charge in [-0.1, -0.05) is 46.7 Å². The van der Waals surface area contributed by atoms with Gasteiger partial charge in [-0.05, 0) is 30.2 Å². The van der Waals surface area contributed by atoms with Gasteiger partial charge in [0.15, 0.2) is 0 Å². The van der Waals surface area contributed by atoms with Crippen molar-refractivity contribution in [1.29, 1.82) is 0 Å². The number of rotatable bonds is 3. The molecule has 2 aromatic carbocycles. The normalized spacial score (nSPS) is 10.6. The fourth-order valence-electron chi connectivity index (χ4n) is 2.37. The van der Waals surface area contributed by atoms with Gasteiger partial charge in [-0.25, -0.2) is 4.79 Å². The third-order valence-electron chi connectivity index (χ3n) is 3.84. The second kappa shape index (κ2) is 6.08. The van der Waals surface area contributed by atoms with E-state index in [1.807, 2.05) is 31.2 Å². The van der Waals surface area contributed by atoms with Crippen LogP contribution in [-0.4, -0.2) is 14.5 Å². The van der Waals surface area contributed by atoms with E-state index in [9.17, 15) is 14.8 Å². The predicted molar refractivity (Wildman–Crippen MR) is 93.0 cm³/mol. The van der Waals surface area contributed by atoms with Crippen LogP contribution < -0.4 is 16.6 Å². The summed E-state index contributed by atoms with van der Waals surface area (Å²) in [6.07, 6.45) is 0. The second-order valence-corrected chi connectivity index (χ2v) is 5.59. The van der Waals surface area contributed by atoms with Gasteiger partial charge in [0.05, 0.1) is 0 Å². The molecule has 24 heavy (non-hydrogen) atoms. The largest absolute Gasteiger partial charge is 0.421 e. The SMILES string of the molecule is Cc1ccc(-c2ccc(Nc3cc(=O)n(O)c(=O)n3C)cc2)cc1. The summed E-state index contributed by atoms with van der Waals surface area (Å²) < 4.78 is 1.24. The molecule has 0 saturated carbocycles. The molecule has 0 aliphatic carbocycles. The zero-order valence-corrected chi connectivity index (χ0v) is 13.4. The van der Waals surface area contributed by atoms with Crippen molar-refractivity contribution < 1.29 is 5.21 Å². The van der Waals surface area contributed by atoms with Crippen LogP contribution in [0.1, 0.15) is 5.56 Å². The molecule has 6 heteroatoms. The lowest BCUT2D eigenvalue weighted by molar-refractivity contribution is 0.156. The highest BCUT2D eigenvalue weighted by Gasteiger charge is 2.07. The Bertz CT molecular complexity index is 984. The minimum atomic E-state index is -0.804. The molecule has 0 radical (unpaired) electrons. The van der Waals surface area contributed by atoms with E-state index < -0.39 is 11.2 Å². The van der Waals surface area contributed by atoms with Crippen molar-refractivity contribution in [2.24, 2.45) is 7.05 Å². The average Bonchev–Trinajstić information content (AvgIpc) is 2.59. The van der Waals surface area contributed by atoms with Gasteiger partial charge < -0.3 is 10.5 Å². The Balaban J connectivity index is 1.89. The molecule has 6 nitrogen and oxygen atoms in total. The quantitative estimate of drug-likeness (QED) is 0.726. The van der Waals surface area contributed by atoms with E-state index >= 15 is 0 Å². The van der Waals surface area contributed by atoms with Gasteiger partial charge in [0, 0.05) is 18.8 Å². The van der Waals surface area contributed by atoms with Crippen LogP contribution in [0.5, 0.6) is 0 Å². The standard InChI is InChI=1S/C18H17N3O3/c1-12-3-5-13(6-4-12)14-7-9-15(10-8-14)19-16-11-17(22)21(24)18(23)20(16)2/h3-11,19,24H,1-2H3. The molecule has 1 aromatic heterocycles. The van der Waals surface area contributed by atoms with Crippen molar-refractivity contribution in [2.75, 3.05) is 5.32 Å². The van der Waals surface area contributed by atoms with Gasteiger partial charge in [-0.2, -0.15) is 0 Å². The first-order valence-electron chi connectivity index (χ1n) is 7.42. The van der Waals surface area contributed by atoms with Crippen molar-refractivity contribution >= 4 is 11.5 Å². The maximum Gasteiger partial charge on any atom is 0.365 e. The van der Waals surface area contributed by atoms with Gasteiger partial charge >= 0.3 is 5.69 Å². The molecule has 0 saturated heterocycles. The van der Waals surface area contributed by atoms with E-state index in [2.05, 4.69) is 29.6 Å². The highest BCUT2D eigenvalue weighted by Crippen LogP contribution is 2.23. The predicted octanol–water partition coefficient (Wildman–Crippen LogP) is 2.50. The molecule has 122 valence electrons. The van der Waals surface area contributed by atoms with E-state index in [-0.39, 0.29) is 4.73 Å². The third-order valence-corrected chi connectivity index (χ3v) is 3.84. The van der Waals surface area contributed by atoms with Crippen LogP contribution in [0.4, 0.5) is 11.5 Å². The Kier molecular flexibility index (Phi) is 3.95. The van der Waals surface area contributed by atoms with E-state index in [0.717, 1.165) is 27.4 Å². The molecule has 0 fully saturated rings. The number of anilines is 2. The summed E-state index contributed by atoms with van der Waals surface area (Å²) in [4.78, 5) is 23.2. The summed E-state index contributed by atoms with van der Waals surface area (Å²) in [5.41, 5.74) is 2.54. The number of nitrogens with one attached hydrogen (secondary N) is 1. The van der Waals surface area contributed by atoms with Crippen molar-refractivity contribution in [3.8, 4) is 11.1 Å². The van der Waals surface area contributed by atoms with E-state index in [0.29, 0.717) is 5.82 Å². The van der Waals surface area contributed by atoms with E-state index in [1.54, 1.807) is 0 Å². The van der Waals surface area contributed by atoms with Gasteiger partial charge in [-0.3, -0.25) is 9.36 Å². The van der Waals surface area contributed by atoms with Gasteiger partial charge in [0.1, 0.15) is 5.82 Å². The summed E-state index contributed by atoms with van der Waals surface area (Å²) in [7, 11) is 1.47. The maximum absolute atomic E-state index is 11.7. The average molecular weight is 323 g/mol. The molecular formula is C18H17N3O3. The third kappa shape index (κ3) is 2.94. The number of aromatic nitrogens is 2. The van der Waals surface area contributed by atoms with Gasteiger partial charge in [0.25, 0.3) is 5.56 Å². The van der Waals surface area contributed by atoms with Crippen molar-refractivity contribution in [1.82, 2.24) is 9.30 Å². The van der Waals surface area contributed by atoms with Crippen LogP contribution in [-0.2, 0) is 7.05 Å². The molecule has 0 unspecified atom stereocenters. The summed E-state index contributed by atoms with van der Waals surface area (Å²) >= 11 is 0. The summed E-state index contributed by atoms with van der Waals surface area (Å²) in [6, 6.07) is 17.0. The molecule has 2 N–H and O–H groups in total. The first-order valence-corrected chi connectivity index (χ1v) is 7.42. The molecule has 0 amide bonds. The van der Waals surface area contributed by atoms with Crippen molar-refractivity contribution in [3.05, 3.63) is 81.0 Å². The lowest BCUT2D eigenvalue weighted by Crippen LogP contribution is -2.37. The lowest BCUT2D eigenvalue weighted by atomic mass is 10.0. The number of hydrogen-bond acceptors (Lipinski definition) is 4. The van der Waals surface area contributed by atoms with Gasteiger partial charge in [0.2, 0.25) is 0 Å². The topological polar surface area (TPSA) is 76.3 Å². The summed E-state index contributed by atoms with van der Waals surface area (Å²) in [6.45, 7) is 2.04. The maximum atomic E-state index is 11.7.